The molecule has 17 heavy (non-hydrogen) atoms. The molecule has 0 saturated carbocycles. The molecule has 1 N–H and O–H groups in total. The third-order valence-corrected chi connectivity index (χ3v) is 4.14. The van der Waals surface area contributed by atoms with Crippen LogP contribution in [0.3, 0.4) is 0 Å². The van der Waals surface area contributed by atoms with Gasteiger partial charge in [0.05, 0.1) is 6.04 Å². The highest BCUT2D eigenvalue weighted by atomic mass is 32.2. The van der Waals surface area contributed by atoms with E-state index in [9.17, 15) is 8.94 Å². The zero-order valence-corrected chi connectivity index (χ0v) is 11.8. The van der Waals surface area contributed by atoms with Crippen LogP contribution in [0.1, 0.15) is 44.9 Å². The van der Waals surface area contributed by atoms with Crippen molar-refractivity contribution in [3.8, 4) is 0 Å². The molecule has 0 aromatic heterocycles. The third kappa shape index (κ3) is 3.98. The quantitative estimate of drug-likeness (QED) is 0.844. The van der Waals surface area contributed by atoms with Crippen LogP contribution in [0.5, 0.6) is 0 Å². The Kier molecular flexibility index (Phi) is 4.58. The van der Waals surface area contributed by atoms with Crippen LogP contribution in [0.15, 0.2) is 18.2 Å². The van der Waals surface area contributed by atoms with Crippen molar-refractivity contribution in [2.75, 3.05) is 0 Å². The highest BCUT2D eigenvalue weighted by molar-refractivity contribution is 7.90. The summed E-state index contributed by atoms with van der Waals surface area (Å²) in [7, 11) is 0. The van der Waals surface area contributed by atoms with Crippen molar-refractivity contribution < 1.29 is 8.94 Å². The number of nitrogens with one attached hydrogen (secondary N) is 1. The summed E-state index contributed by atoms with van der Waals surface area (Å²) in [5.74, 6) is -0.262. The van der Waals surface area contributed by atoms with Gasteiger partial charge in [0.15, 0.2) is 0 Å². The molecule has 0 amide bonds. The van der Waals surface area contributed by atoms with Crippen LogP contribution in [-0.2, 0) is 11.4 Å². The molecule has 0 saturated heterocycles. The summed E-state index contributed by atoms with van der Waals surface area (Å²) < 4.78 is 28.1. The van der Waals surface area contributed by atoms with Crippen LogP contribution in [0.4, 0.5) is 4.39 Å². The van der Waals surface area contributed by atoms with E-state index in [0.29, 0.717) is 5.56 Å². The van der Waals surface area contributed by atoms with Gasteiger partial charge in [-0.15, -0.1) is 4.72 Å². The Morgan fingerprint density at radius 3 is 2.47 bits per heavy atom. The second-order valence-electron chi connectivity index (χ2n) is 5.25. The van der Waals surface area contributed by atoms with Crippen molar-refractivity contribution >= 4 is 11.4 Å². The number of hydrogen-bond donors (Lipinski definition) is 1. The van der Waals surface area contributed by atoms with E-state index in [1.54, 1.807) is 12.1 Å². The molecule has 0 fully saturated rings. The van der Waals surface area contributed by atoms with Gasteiger partial charge in [0, 0.05) is 16.9 Å². The molecule has 1 rings (SSSR count). The molecule has 0 unspecified atom stereocenters. The molecule has 0 aliphatic carbocycles. The minimum atomic E-state index is -1.20. The number of halogens is 1. The van der Waals surface area contributed by atoms with E-state index in [-0.39, 0.29) is 16.6 Å². The maximum Gasteiger partial charge on any atom is 0.136 e. The van der Waals surface area contributed by atoms with Crippen LogP contribution >= 0.6 is 0 Å². The van der Waals surface area contributed by atoms with Crippen molar-refractivity contribution in [1.29, 1.82) is 0 Å². The number of benzene rings is 1. The van der Waals surface area contributed by atoms with Crippen LogP contribution in [0, 0.1) is 12.7 Å². The molecule has 0 aliphatic heterocycles. The minimum absolute atomic E-state index is 0.262. The van der Waals surface area contributed by atoms with E-state index >= 15 is 0 Å². The molecule has 2 nitrogen and oxygen atoms in total. The molecule has 0 spiro atoms. The lowest BCUT2D eigenvalue weighted by atomic mass is 10.1. The molecule has 1 aromatic rings. The van der Waals surface area contributed by atoms with Crippen molar-refractivity contribution in [2.24, 2.45) is 0 Å². The predicted molar refractivity (Wildman–Crippen MR) is 70.6 cm³/mol. The smallest absolute Gasteiger partial charge is 0.136 e. The summed E-state index contributed by atoms with van der Waals surface area (Å²) in [6.45, 7) is 9.39. The molecule has 0 heterocycles. The zero-order chi connectivity index (χ0) is 13.2. The molecule has 0 bridgehead atoms. The Hall–Kier alpha value is -0.580. The van der Waals surface area contributed by atoms with Gasteiger partial charge in [-0.2, -0.15) is 0 Å². The Balaban J connectivity index is 2.83. The summed E-state index contributed by atoms with van der Waals surface area (Å²) >= 11 is -1.20. The van der Waals surface area contributed by atoms with Crippen LogP contribution in [-0.4, -0.2) is 9.30 Å². The molecular weight excluding hydrogens is 237 g/mol. The van der Waals surface area contributed by atoms with Crippen LogP contribution in [0.2, 0.25) is 0 Å². The summed E-state index contributed by atoms with van der Waals surface area (Å²) in [4.78, 5) is 0. The van der Waals surface area contributed by atoms with Gasteiger partial charge in [-0.3, -0.25) is 0 Å². The molecule has 1 aromatic carbocycles. The van der Waals surface area contributed by atoms with Crippen LogP contribution in [0.25, 0.3) is 0 Å². The lowest BCUT2D eigenvalue weighted by Gasteiger charge is -2.26. The number of hydrogen-bond acceptors (Lipinski definition) is 2. The van der Waals surface area contributed by atoms with Gasteiger partial charge in [-0.1, -0.05) is 17.7 Å². The first-order chi connectivity index (χ1) is 7.71. The number of aryl methyl sites for hydroxylation is 1. The second-order valence-corrected chi connectivity index (χ2v) is 7.24. The fraction of sp³-hybridized carbons (Fsp3) is 0.538. The highest BCUT2D eigenvalue weighted by Gasteiger charge is 2.28. The molecule has 0 aliphatic rings. The largest absolute Gasteiger partial charge is 0.598 e. The van der Waals surface area contributed by atoms with Gasteiger partial charge >= 0.3 is 0 Å². The molecule has 2 atom stereocenters. The van der Waals surface area contributed by atoms with E-state index in [0.717, 1.165) is 5.56 Å². The fourth-order valence-corrected chi connectivity index (χ4v) is 2.20. The normalized spacial score (nSPS) is 15.7. The van der Waals surface area contributed by atoms with E-state index in [4.69, 9.17) is 0 Å². The summed E-state index contributed by atoms with van der Waals surface area (Å²) in [5.41, 5.74) is 1.55. The Labute approximate surface area is 106 Å². The van der Waals surface area contributed by atoms with E-state index in [1.165, 1.54) is 6.07 Å². The van der Waals surface area contributed by atoms with Crippen LogP contribution < -0.4 is 4.72 Å². The van der Waals surface area contributed by atoms with Crippen molar-refractivity contribution in [1.82, 2.24) is 4.72 Å². The summed E-state index contributed by atoms with van der Waals surface area (Å²) in [6.07, 6.45) is 0. The number of rotatable bonds is 3. The standard InChI is InChI=1S/C13H20FNOS/c1-9-6-7-12(14)11(8-9)10(2)15-17(16)13(3,4)5/h6-8,10,15H,1-5H3/t10-,17+/m0/s1. The summed E-state index contributed by atoms with van der Waals surface area (Å²) in [6, 6.07) is 4.69. The monoisotopic (exact) mass is 257 g/mol. The SMILES string of the molecule is Cc1ccc(F)c([C@H](C)N[S@+]([O-])C(C)(C)C)c1. The fourth-order valence-electron chi connectivity index (χ4n) is 1.40. The first kappa shape index (κ1) is 14.5. The average Bonchev–Trinajstić information content (AvgIpc) is 2.20. The van der Waals surface area contributed by atoms with Gasteiger partial charge in [0.25, 0.3) is 0 Å². The first-order valence-electron chi connectivity index (χ1n) is 5.66. The van der Waals surface area contributed by atoms with E-state index in [1.807, 2.05) is 34.6 Å². The van der Waals surface area contributed by atoms with Crippen molar-refractivity contribution in [3.05, 3.63) is 35.1 Å². The Morgan fingerprint density at radius 1 is 1.35 bits per heavy atom. The topological polar surface area (TPSA) is 35.1 Å². The van der Waals surface area contributed by atoms with Gasteiger partial charge in [0.1, 0.15) is 10.6 Å². The van der Waals surface area contributed by atoms with E-state index in [2.05, 4.69) is 4.72 Å². The Morgan fingerprint density at radius 2 is 1.94 bits per heavy atom. The van der Waals surface area contributed by atoms with Gasteiger partial charge in [-0.05, 0) is 40.7 Å². The minimum Gasteiger partial charge on any atom is -0.598 e. The Bertz CT molecular complexity index is 389. The third-order valence-electron chi connectivity index (χ3n) is 2.46. The zero-order valence-electron chi connectivity index (χ0n) is 11.0. The predicted octanol–water partition coefficient (Wildman–Crippen LogP) is 3.25. The van der Waals surface area contributed by atoms with E-state index < -0.39 is 11.4 Å². The molecular formula is C13H20FNOS. The maximum absolute atomic E-state index is 13.6. The average molecular weight is 257 g/mol. The maximum atomic E-state index is 13.6. The second kappa shape index (κ2) is 5.38. The van der Waals surface area contributed by atoms with Crippen molar-refractivity contribution in [2.45, 2.75) is 45.4 Å². The summed E-state index contributed by atoms with van der Waals surface area (Å²) in [5, 5.41) is 0. The van der Waals surface area contributed by atoms with Crippen molar-refractivity contribution in [3.63, 3.8) is 0 Å². The first-order valence-corrected chi connectivity index (χ1v) is 6.81. The van der Waals surface area contributed by atoms with Gasteiger partial charge in [0.2, 0.25) is 0 Å². The molecule has 4 heteroatoms. The lowest BCUT2D eigenvalue weighted by molar-refractivity contribution is 0.522. The highest BCUT2D eigenvalue weighted by Crippen LogP contribution is 2.22. The van der Waals surface area contributed by atoms with Gasteiger partial charge in [-0.25, -0.2) is 4.39 Å². The molecule has 96 valence electrons. The lowest BCUT2D eigenvalue weighted by Crippen LogP contribution is -2.40. The van der Waals surface area contributed by atoms with Gasteiger partial charge < -0.3 is 4.55 Å². The molecule has 0 radical (unpaired) electrons.